The van der Waals surface area contributed by atoms with Crippen molar-refractivity contribution in [3.63, 3.8) is 0 Å². The topological polar surface area (TPSA) is 81.7 Å². The average molecular weight is 341 g/mol. The second-order valence-corrected chi connectivity index (χ2v) is 6.64. The Morgan fingerprint density at radius 1 is 1.21 bits per heavy atom. The molecule has 3 heterocycles. The van der Waals surface area contributed by atoms with Gasteiger partial charge in [0, 0.05) is 19.8 Å². The lowest BCUT2D eigenvalue weighted by atomic mass is 10.3. The summed E-state index contributed by atoms with van der Waals surface area (Å²) in [5, 5.41) is 16.4. The van der Waals surface area contributed by atoms with Gasteiger partial charge in [0.05, 0.1) is 22.8 Å². The molecule has 1 amide bonds. The summed E-state index contributed by atoms with van der Waals surface area (Å²) in [5.74, 6) is 0.0654. The number of hydrogen-bond acceptors (Lipinski definition) is 6. The number of tetrazole rings is 1. The minimum atomic E-state index is -0.196. The van der Waals surface area contributed by atoms with Crippen molar-refractivity contribution >= 4 is 23.4 Å². The number of carbonyl (C=O) groups is 1. The first-order valence-corrected chi connectivity index (χ1v) is 8.41. The molecular weight excluding hydrogens is 326 g/mol. The van der Waals surface area contributed by atoms with Crippen molar-refractivity contribution in [2.75, 3.05) is 11.4 Å². The number of carbonyl (C=O) groups excluding carboxylic acids is 1. The van der Waals surface area contributed by atoms with Gasteiger partial charge in [-0.3, -0.25) is 9.48 Å². The molecular formula is C15H15N7OS. The highest BCUT2D eigenvalue weighted by atomic mass is 32.2. The van der Waals surface area contributed by atoms with Crippen molar-refractivity contribution < 1.29 is 4.79 Å². The molecule has 0 N–H and O–H groups in total. The van der Waals surface area contributed by atoms with Crippen molar-refractivity contribution in [3.05, 3.63) is 42.7 Å². The molecule has 9 heteroatoms. The lowest BCUT2D eigenvalue weighted by Crippen LogP contribution is -2.27. The summed E-state index contributed by atoms with van der Waals surface area (Å²) in [6.07, 6.45) is 4.30. The van der Waals surface area contributed by atoms with E-state index >= 15 is 0 Å². The van der Waals surface area contributed by atoms with Crippen LogP contribution in [0.2, 0.25) is 0 Å². The summed E-state index contributed by atoms with van der Waals surface area (Å²) in [6.45, 7) is 0.676. The maximum atomic E-state index is 12.7. The molecule has 1 aliphatic heterocycles. The Hall–Kier alpha value is -2.68. The quantitative estimate of drug-likeness (QED) is 0.711. The predicted octanol–water partition coefficient (Wildman–Crippen LogP) is 1.29. The molecule has 1 fully saturated rings. The van der Waals surface area contributed by atoms with Gasteiger partial charge in [0.25, 0.3) is 0 Å². The largest absolute Gasteiger partial charge is 0.308 e. The van der Waals surface area contributed by atoms with Crippen LogP contribution in [0.4, 0.5) is 5.69 Å². The highest BCUT2D eigenvalue weighted by molar-refractivity contribution is 8.00. The highest BCUT2D eigenvalue weighted by Crippen LogP contribution is 2.32. The van der Waals surface area contributed by atoms with E-state index in [9.17, 15) is 4.79 Å². The minimum absolute atomic E-state index is 0.0654. The summed E-state index contributed by atoms with van der Waals surface area (Å²) >= 11 is 1.40. The van der Waals surface area contributed by atoms with Crippen LogP contribution < -0.4 is 4.90 Å². The van der Waals surface area contributed by atoms with Crippen LogP contribution in [-0.4, -0.2) is 47.7 Å². The molecule has 1 aromatic carbocycles. The smallest absolute Gasteiger partial charge is 0.240 e. The zero-order chi connectivity index (χ0) is 16.5. The first-order chi connectivity index (χ1) is 11.7. The molecule has 0 radical (unpaired) electrons. The molecule has 0 saturated carbocycles. The lowest BCUT2D eigenvalue weighted by Gasteiger charge is -2.13. The number of aryl methyl sites for hydroxylation is 1. The van der Waals surface area contributed by atoms with Gasteiger partial charge in [-0.15, -0.1) is 5.10 Å². The Morgan fingerprint density at radius 3 is 2.79 bits per heavy atom. The Kier molecular flexibility index (Phi) is 3.77. The summed E-state index contributed by atoms with van der Waals surface area (Å²) < 4.78 is 3.35. The highest BCUT2D eigenvalue weighted by Gasteiger charge is 2.35. The second-order valence-electron chi connectivity index (χ2n) is 5.47. The van der Waals surface area contributed by atoms with Gasteiger partial charge in [0.15, 0.2) is 0 Å². The molecule has 2 aromatic heterocycles. The van der Waals surface area contributed by atoms with Crippen LogP contribution in [0.5, 0.6) is 0 Å². The van der Waals surface area contributed by atoms with E-state index in [0.29, 0.717) is 11.7 Å². The monoisotopic (exact) mass is 341 g/mol. The van der Waals surface area contributed by atoms with Crippen LogP contribution in [0, 0.1) is 0 Å². The summed E-state index contributed by atoms with van der Waals surface area (Å²) in [7, 11) is 1.84. The Balaban J connectivity index is 1.53. The number of rotatable bonds is 4. The van der Waals surface area contributed by atoms with Crippen LogP contribution in [-0.2, 0) is 11.8 Å². The van der Waals surface area contributed by atoms with Crippen LogP contribution in [0.1, 0.15) is 6.42 Å². The van der Waals surface area contributed by atoms with Gasteiger partial charge < -0.3 is 4.90 Å². The van der Waals surface area contributed by atoms with E-state index < -0.39 is 0 Å². The lowest BCUT2D eigenvalue weighted by molar-refractivity contribution is -0.116. The molecule has 0 unspecified atom stereocenters. The number of anilines is 1. The van der Waals surface area contributed by atoms with Gasteiger partial charge in [-0.25, -0.2) is 0 Å². The van der Waals surface area contributed by atoms with E-state index in [1.165, 1.54) is 11.8 Å². The fourth-order valence-corrected chi connectivity index (χ4v) is 3.71. The van der Waals surface area contributed by atoms with E-state index in [0.717, 1.165) is 17.8 Å². The van der Waals surface area contributed by atoms with E-state index in [-0.39, 0.29) is 11.2 Å². The van der Waals surface area contributed by atoms with Gasteiger partial charge in [-0.2, -0.15) is 9.78 Å². The maximum absolute atomic E-state index is 12.7. The Bertz CT molecular complexity index is 860. The van der Waals surface area contributed by atoms with Crippen molar-refractivity contribution in [1.82, 2.24) is 30.0 Å². The van der Waals surface area contributed by atoms with Gasteiger partial charge in [-0.1, -0.05) is 30.0 Å². The van der Waals surface area contributed by atoms with Crippen LogP contribution >= 0.6 is 11.8 Å². The number of thioether (sulfide) groups is 1. The number of benzene rings is 1. The van der Waals surface area contributed by atoms with E-state index in [4.69, 9.17) is 0 Å². The van der Waals surface area contributed by atoms with Crippen molar-refractivity contribution in [3.8, 4) is 5.69 Å². The first kappa shape index (κ1) is 14.9. The average Bonchev–Trinajstić information content (AvgIpc) is 3.31. The normalized spacial score (nSPS) is 17.6. The van der Waals surface area contributed by atoms with E-state index in [1.807, 2.05) is 43.6 Å². The zero-order valence-corrected chi connectivity index (χ0v) is 13.8. The minimum Gasteiger partial charge on any atom is -0.308 e. The molecule has 24 heavy (non-hydrogen) atoms. The number of para-hydroxylation sites is 1. The number of hydrogen-bond donors (Lipinski definition) is 0. The van der Waals surface area contributed by atoms with Crippen molar-refractivity contribution in [2.45, 2.75) is 16.8 Å². The van der Waals surface area contributed by atoms with Gasteiger partial charge >= 0.3 is 0 Å². The number of amides is 1. The molecule has 0 spiro atoms. The molecule has 4 rings (SSSR count). The molecule has 8 nitrogen and oxygen atoms in total. The van der Waals surface area contributed by atoms with Gasteiger partial charge in [-0.05, 0) is 29.0 Å². The third kappa shape index (κ3) is 2.67. The van der Waals surface area contributed by atoms with Crippen LogP contribution in [0.3, 0.4) is 0 Å². The molecule has 1 aliphatic rings. The molecule has 0 bridgehead atoms. The maximum Gasteiger partial charge on any atom is 0.240 e. The first-order valence-electron chi connectivity index (χ1n) is 7.53. The van der Waals surface area contributed by atoms with Crippen LogP contribution in [0.25, 0.3) is 5.69 Å². The standard InChI is InChI=1S/C15H15N7OS/c1-20-10-12(9-16-20)21-8-7-13(14(21)23)24-15-17-18-19-22(15)11-5-3-2-4-6-11/h2-6,9-10,13H,7-8H2,1H3/t13-/m1/s1. The van der Waals surface area contributed by atoms with E-state index in [1.54, 1.807) is 20.5 Å². The fraction of sp³-hybridized carbons (Fsp3) is 0.267. The molecule has 0 aliphatic carbocycles. The van der Waals surface area contributed by atoms with Gasteiger partial charge in [0.2, 0.25) is 11.1 Å². The third-order valence-electron chi connectivity index (χ3n) is 3.85. The molecule has 1 atom stereocenters. The van der Waals surface area contributed by atoms with Crippen molar-refractivity contribution in [1.29, 1.82) is 0 Å². The van der Waals surface area contributed by atoms with Gasteiger partial charge in [0.1, 0.15) is 0 Å². The third-order valence-corrected chi connectivity index (χ3v) is 5.04. The van der Waals surface area contributed by atoms with E-state index in [2.05, 4.69) is 20.6 Å². The predicted molar refractivity (Wildman–Crippen MR) is 89.0 cm³/mol. The summed E-state index contributed by atoms with van der Waals surface area (Å²) in [5.41, 5.74) is 1.70. The second kappa shape index (κ2) is 6.08. The van der Waals surface area contributed by atoms with Crippen LogP contribution in [0.15, 0.2) is 47.9 Å². The molecule has 1 saturated heterocycles. The summed E-state index contributed by atoms with van der Waals surface area (Å²) in [6, 6.07) is 9.65. The SMILES string of the molecule is Cn1cc(N2CC[C@@H](Sc3nnnn3-c3ccccc3)C2=O)cn1. The number of nitrogens with zero attached hydrogens (tertiary/aromatic N) is 7. The zero-order valence-electron chi connectivity index (χ0n) is 13.0. The van der Waals surface area contributed by atoms with Crippen molar-refractivity contribution in [2.24, 2.45) is 7.05 Å². The summed E-state index contributed by atoms with van der Waals surface area (Å²) in [4.78, 5) is 14.4. The fourth-order valence-electron chi connectivity index (χ4n) is 2.68. The Morgan fingerprint density at radius 2 is 2.04 bits per heavy atom. The Labute approximate surface area is 142 Å². The molecule has 3 aromatic rings. The number of aromatic nitrogens is 6. The molecule has 122 valence electrons.